The zero-order valence-electron chi connectivity index (χ0n) is 9.76. The molecule has 15 heavy (non-hydrogen) atoms. The zero-order valence-corrected chi connectivity index (χ0v) is 12.7. The lowest BCUT2D eigenvalue weighted by Gasteiger charge is -2.10. The number of hydrogen-bond donors (Lipinski definition) is 0. The minimum atomic E-state index is 0.791. The number of ether oxygens (including phenoxy) is 1. The van der Waals surface area contributed by atoms with Gasteiger partial charge < -0.3 is 8.92 Å². The number of halogens is 1. The molecule has 0 atom stereocenters. The Morgan fingerprint density at radius 1 is 1.20 bits per heavy atom. The molecule has 0 aliphatic rings. The second-order valence-corrected chi connectivity index (χ2v) is 4.13. The number of methoxy groups -OCH3 is 1. The smallest absolute Gasteiger partial charge is 0.180 e. The van der Waals surface area contributed by atoms with E-state index < -0.39 is 0 Å². The number of benzene rings is 1. The molecule has 0 saturated heterocycles. The molecule has 0 radical (unpaired) electrons. The molecule has 0 bridgehead atoms. The first-order chi connectivity index (χ1) is 7.19. The lowest BCUT2D eigenvalue weighted by Crippen LogP contribution is -1.91. The molecule has 0 fully saturated rings. The Bertz CT molecular complexity index is 303. The maximum Gasteiger partial charge on any atom is 0.180 e. The molecule has 86 valence electrons. The molecular weight excluding hydrogens is 323 g/mol. The van der Waals surface area contributed by atoms with Crippen LogP contribution in [-0.4, -0.2) is 7.11 Å². The van der Waals surface area contributed by atoms with E-state index in [0.717, 1.165) is 17.1 Å². The van der Waals surface area contributed by atoms with Crippen LogP contribution in [0, 0.1) is 13.8 Å². The lowest BCUT2D eigenvalue weighted by atomic mass is 10.1. The van der Waals surface area contributed by atoms with Crippen molar-refractivity contribution < 1.29 is 8.92 Å². The summed E-state index contributed by atoms with van der Waals surface area (Å²) in [5.41, 5.74) is 2.28. The van der Waals surface area contributed by atoms with Gasteiger partial charge in [-0.15, -0.1) is 0 Å². The van der Waals surface area contributed by atoms with Gasteiger partial charge in [0.2, 0.25) is 0 Å². The van der Waals surface area contributed by atoms with Crippen molar-refractivity contribution in [3.8, 4) is 11.5 Å². The van der Waals surface area contributed by atoms with Crippen LogP contribution in [-0.2, 0) is 0 Å². The molecule has 0 N–H and O–H groups in total. The van der Waals surface area contributed by atoms with Crippen molar-refractivity contribution in [3.63, 3.8) is 0 Å². The van der Waals surface area contributed by atoms with Gasteiger partial charge in [-0.3, -0.25) is 0 Å². The minimum Gasteiger partial charge on any atom is -0.493 e. The molecule has 1 aromatic rings. The Labute approximate surface area is 109 Å². The summed E-state index contributed by atoms with van der Waals surface area (Å²) in [7, 11) is 2.95. The SMILES string of the molecule is CC.COc1c(C)cc(C)cc1OSI. The van der Waals surface area contributed by atoms with E-state index in [1.54, 1.807) is 7.11 Å². The standard InChI is InChI=1S/C9H11IO2S.C2H6/c1-6-4-7(2)9(11-3)8(5-6)12-13-10;1-2/h4-5H,1-3H3;1-2H3. The van der Waals surface area contributed by atoms with Crippen molar-refractivity contribution >= 4 is 30.4 Å². The van der Waals surface area contributed by atoms with Gasteiger partial charge in [0.1, 0.15) is 9.21 Å². The monoisotopic (exact) mass is 340 g/mol. The van der Waals surface area contributed by atoms with Crippen molar-refractivity contribution in [2.24, 2.45) is 0 Å². The molecule has 0 heterocycles. The van der Waals surface area contributed by atoms with Gasteiger partial charge in [0.05, 0.1) is 7.11 Å². The van der Waals surface area contributed by atoms with E-state index >= 15 is 0 Å². The fraction of sp³-hybridized carbons (Fsp3) is 0.455. The van der Waals surface area contributed by atoms with Gasteiger partial charge in [-0.2, -0.15) is 0 Å². The van der Waals surface area contributed by atoms with Crippen molar-refractivity contribution in [2.45, 2.75) is 27.7 Å². The van der Waals surface area contributed by atoms with Crippen LogP contribution < -0.4 is 8.92 Å². The maximum atomic E-state index is 5.37. The van der Waals surface area contributed by atoms with E-state index in [-0.39, 0.29) is 0 Å². The van der Waals surface area contributed by atoms with Crippen molar-refractivity contribution in [1.82, 2.24) is 0 Å². The van der Waals surface area contributed by atoms with Crippen LogP contribution in [0.25, 0.3) is 0 Å². The Morgan fingerprint density at radius 2 is 1.80 bits per heavy atom. The lowest BCUT2D eigenvalue weighted by molar-refractivity contribution is 0.397. The Morgan fingerprint density at radius 3 is 2.27 bits per heavy atom. The average molecular weight is 340 g/mol. The average Bonchev–Trinajstić information content (AvgIpc) is 2.21. The van der Waals surface area contributed by atoms with Crippen molar-refractivity contribution in [3.05, 3.63) is 23.3 Å². The molecule has 4 heteroatoms. The van der Waals surface area contributed by atoms with E-state index in [1.165, 1.54) is 14.8 Å². The van der Waals surface area contributed by atoms with Crippen LogP contribution in [0.4, 0.5) is 0 Å². The number of rotatable bonds is 3. The number of hydrogen-bond acceptors (Lipinski definition) is 3. The Hall–Kier alpha value is -0.100. The number of aryl methyl sites for hydroxylation is 2. The summed E-state index contributed by atoms with van der Waals surface area (Å²) in [6.45, 7) is 8.05. The third kappa shape index (κ3) is 4.51. The van der Waals surface area contributed by atoms with E-state index in [1.807, 2.05) is 33.8 Å². The van der Waals surface area contributed by atoms with Crippen LogP contribution in [0.3, 0.4) is 0 Å². The van der Waals surface area contributed by atoms with Crippen LogP contribution >= 0.6 is 30.4 Å². The second kappa shape index (κ2) is 8.10. The predicted octanol–water partition coefficient (Wildman–Crippen LogP) is 4.72. The summed E-state index contributed by atoms with van der Waals surface area (Å²) in [5.74, 6) is 1.61. The third-order valence-corrected chi connectivity index (χ3v) is 2.49. The molecule has 1 aromatic carbocycles. The highest BCUT2D eigenvalue weighted by Gasteiger charge is 2.08. The van der Waals surface area contributed by atoms with Gasteiger partial charge in [0.15, 0.2) is 11.5 Å². The highest BCUT2D eigenvalue weighted by atomic mass is 127. The van der Waals surface area contributed by atoms with Gasteiger partial charge in [-0.25, -0.2) is 0 Å². The van der Waals surface area contributed by atoms with Crippen LogP contribution in [0.1, 0.15) is 25.0 Å². The van der Waals surface area contributed by atoms with E-state index in [4.69, 9.17) is 8.92 Å². The molecule has 0 aliphatic heterocycles. The molecule has 0 aliphatic carbocycles. The molecule has 0 unspecified atom stereocenters. The molecule has 1 rings (SSSR count). The summed E-state index contributed by atoms with van der Waals surface area (Å²) in [6.07, 6.45) is 0. The first kappa shape index (κ1) is 14.9. The molecular formula is C11H17IO2S. The van der Waals surface area contributed by atoms with Crippen LogP contribution in [0.15, 0.2) is 12.1 Å². The van der Waals surface area contributed by atoms with Crippen LogP contribution in [0.5, 0.6) is 11.5 Å². The van der Waals surface area contributed by atoms with E-state index in [9.17, 15) is 0 Å². The highest BCUT2D eigenvalue weighted by molar-refractivity contribution is 14.2. The van der Waals surface area contributed by atoms with Gasteiger partial charge in [0, 0.05) is 21.2 Å². The topological polar surface area (TPSA) is 18.5 Å². The summed E-state index contributed by atoms with van der Waals surface area (Å²) in [6, 6.07) is 4.04. The molecule has 0 aromatic heterocycles. The van der Waals surface area contributed by atoms with Crippen LogP contribution in [0.2, 0.25) is 0 Å². The molecule has 0 amide bonds. The van der Waals surface area contributed by atoms with Crippen molar-refractivity contribution in [1.29, 1.82) is 0 Å². The van der Waals surface area contributed by atoms with Crippen molar-refractivity contribution in [2.75, 3.05) is 7.11 Å². The first-order valence-electron chi connectivity index (χ1n) is 4.79. The van der Waals surface area contributed by atoms with Gasteiger partial charge >= 0.3 is 0 Å². The molecule has 0 saturated carbocycles. The third-order valence-electron chi connectivity index (χ3n) is 1.71. The van der Waals surface area contributed by atoms with Gasteiger partial charge in [0.25, 0.3) is 0 Å². The highest BCUT2D eigenvalue weighted by Crippen LogP contribution is 2.35. The fourth-order valence-corrected chi connectivity index (χ4v) is 2.05. The largest absolute Gasteiger partial charge is 0.493 e. The minimum absolute atomic E-state index is 0.791. The first-order valence-corrected chi connectivity index (χ1v) is 8.08. The Kier molecular flexibility index (Phi) is 8.04. The normalized spacial score (nSPS) is 8.93. The summed E-state index contributed by atoms with van der Waals surface area (Å²) >= 11 is 2.09. The summed E-state index contributed by atoms with van der Waals surface area (Å²) in [4.78, 5) is 0. The summed E-state index contributed by atoms with van der Waals surface area (Å²) in [5, 5.41) is 0. The van der Waals surface area contributed by atoms with Gasteiger partial charge in [-0.05, 0) is 31.0 Å². The summed E-state index contributed by atoms with van der Waals surface area (Å²) < 4.78 is 10.6. The second-order valence-electron chi connectivity index (χ2n) is 2.76. The van der Waals surface area contributed by atoms with Gasteiger partial charge in [-0.1, -0.05) is 19.9 Å². The predicted molar refractivity (Wildman–Crippen MR) is 76.1 cm³/mol. The van der Waals surface area contributed by atoms with E-state index in [0.29, 0.717) is 0 Å². The molecule has 2 nitrogen and oxygen atoms in total. The Balaban J connectivity index is 0.000000921. The van der Waals surface area contributed by atoms with E-state index in [2.05, 4.69) is 27.3 Å². The fourth-order valence-electron chi connectivity index (χ4n) is 1.27. The maximum absolute atomic E-state index is 5.37. The quantitative estimate of drug-likeness (QED) is 0.586. The molecule has 0 spiro atoms. The zero-order chi connectivity index (χ0) is 11.8.